The molecular formula is C33H59O8P. The van der Waals surface area contributed by atoms with Gasteiger partial charge in [0, 0.05) is 12.8 Å². The van der Waals surface area contributed by atoms with Crippen LogP contribution in [0.5, 0.6) is 0 Å². The molecule has 9 heteroatoms. The highest BCUT2D eigenvalue weighted by Crippen LogP contribution is 2.35. The maximum atomic E-state index is 12.3. The van der Waals surface area contributed by atoms with Gasteiger partial charge in [0.05, 0.1) is 6.61 Å². The Kier molecular flexibility index (Phi) is 28.1. The third-order valence-corrected chi connectivity index (χ3v) is 7.16. The molecular weight excluding hydrogens is 555 g/mol. The summed E-state index contributed by atoms with van der Waals surface area (Å²) in [5.74, 6) is -0.910. The third-order valence-electron chi connectivity index (χ3n) is 6.67. The van der Waals surface area contributed by atoms with Crippen LogP contribution >= 0.6 is 7.82 Å². The van der Waals surface area contributed by atoms with Gasteiger partial charge in [-0.3, -0.25) is 14.1 Å². The Hall–Kier alpha value is -1.73. The van der Waals surface area contributed by atoms with Crippen molar-refractivity contribution in [3.63, 3.8) is 0 Å². The molecule has 0 aromatic heterocycles. The van der Waals surface area contributed by atoms with E-state index in [1.165, 1.54) is 38.5 Å². The van der Waals surface area contributed by atoms with Crippen LogP contribution < -0.4 is 0 Å². The number of hydrogen-bond donors (Lipinski definition) is 2. The summed E-state index contributed by atoms with van der Waals surface area (Å²) in [4.78, 5) is 42.4. The largest absolute Gasteiger partial charge is 0.469 e. The van der Waals surface area contributed by atoms with Crippen LogP contribution in [0.15, 0.2) is 36.5 Å². The Balaban J connectivity index is 4.06. The fourth-order valence-corrected chi connectivity index (χ4v) is 4.63. The van der Waals surface area contributed by atoms with E-state index in [-0.39, 0.29) is 19.4 Å². The highest BCUT2D eigenvalue weighted by Gasteiger charge is 2.22. The number of allylic oxidation sites excluding steroid dienone is 6. The van der Waals surface area contributed by atoms with E-state index < -0.39 is 32.5 Å². The number of rotatable bonds is 29. The molecule has 0 aromatic rings. The Labute approximate surface area is 255 Å². The average molecular weight is 615 g/mol. The molecule has 0 aliphatic heterocycles. The highest BCUT2D eigenvalue weighted by molar-refractivity contribution is 7.46. The molecule has 0 unspecified atom stereocenters. The number of unbranched alkanes of at least 4 members (excludes halogenated alkanes) is 13. The Morgan fingerprint density at radius 3 is 1.71 bits per heavy atom. The first-order valence-corrected chi connectivity index (χ1v) is 17.8. The van der Waals surface area contributed by atoms with E-state index in [1.54, 1.807) is 0 Å². The van der Waals surface area contributed by atoms with Gasteiger partial charge < -0.3 is 19.3 Å². The molecule has 0 rings (SSSR count). The Morgan fingerprint density at radius 2 is 1.14 bits per heavy atom. The van der Waals surface area contributed by atoms with Crippen LogP contribution in [0.1, 0.15) is 142 Å². The molecule has 0 fully saturated rings. The van der Waals surface area contributed by atoms with E-state index >= 15 is 0 Å². The quantitative estimate of drug-likeness (QED) is 0.0371. The van der Waals surface area contributed by atoms with Crippen molar-refractivity contribution in [1.82, 2.24) is 0 Å². The lowest BCUT2D eigenvalue weighted by Gasteiger charge is -2.18. The minimum absolute atomic E-state index is 0.193. The van der Waals surface area contributed by atoms with Crippen molar-refractivity contribution in [2.45, 2.75) is 148 Å². The summed E-state index contributed by atoms with van der Waals surface area (Å²) in [7, 11) is -4.74. The molecule has 0 aliphatic carbocycles. The van der Waals surface area contributed by atoms with Crippen LogP contribution in [0.2, 0.25) is 0 Å². The first-order valence-electron chi connectivity index (χ1n) is 16.3. The molecule has 0 bridgehead atoms. The van der Waals surface area contributed by atoms with E-state index in [0.717, 1.165) is 70.6 Å². The zero-order chi connectivity index (χ0) is 31.2. The predicted molar refractivity (Wildman–Crippen MR) is 170 cm³/mol. The predicted octanol–water partition coefficient (Wildman–Crippen LogP) is 9.06. The lowest BCUT2D eigenvalue weighted by atomic mass is 10.1. The van der Waals surface area contributed by atoms with E-state index in [1.807, 2.05) is 0 Å². The minimum atomic E-state index is -4.74. The van der Waals surface area contributed by atoms with Gasteiger partial charge in [0.25, 0.3) is 0 Å². The summed E-state index contributed by atoms with van der Waals surface area (Å²) in [6.07, 6.45) is 31.6. The molecule has 8 nitrogen and oxygen atoms in total. The summed E-state index contributed by atoms with van der Waals surface area (Å²) in [6, 6.07) is 0. The maximum absolute atomic E-state index is 12.3. The molecule has 0 heterocycles. The first kappa shape index (κ1) is 40.3. The molecule has 42 heavy (non-hydrogen) atoms. The Morgan fingerprint density at radius 1 is 0.643 bits per heavy atom. The fraction of sp³-hybridized carbons (Fsp3) is 0.758. The molecule has 0 aliphatic rings. The monoisotopic (exact) mass is 614 g/mol. The van der Waals surface area contributed by atoms with Gasteiger partial charge in [-0.15, -0.1) is 0 Å². The average Bonchev–Trinajstić information content (AvgIpc) is 2.95. The van der Waals surface area contributed by atoms with Crippen LogP contribution in [-0.2, 0) is 28.2 Å². The van der Waals surface area contributed by atoms with Gasteiger partial charge in [-0.05, 0) is 44.9 Å². The van der Waals surface area contributed by atoms with Gasteiger partial charge in [0.15, 0.2) is 6.10 Å². The number of ether oxygens (including phenoxy) is 2. The van der Waals surface area contributed by atoms with Gasteiger partial charge in [0.2, 0.25) is 0 Å². The van der Waals surface area contributed by atoms with E-state index in [9.17, 15) is 14.2 Å². The third kappa shape index (κ3) is 31.2. The molecule has 0 saturated carbocycles. The summed E-state index contributed by atoms with van der Waals surface area (Å²) >= 11 is 0. The maximum Gasteiger partial charge on any atom is 0.469 e. The van der Waals surface area contributed by atoms with Gasteiger partial charge >= 0.3 is 19.8 Å². The van der Waals surface area contributed by atoms with Crippen molar-refractivity contribution < 1.29 is 37.9 Å². The molecule has 0 saturated heterocycles. The normalized spacial score (nSPS) is 13.0. The number of phosphoric ester groups is 1. The molecule has 2 N–H and O–H groups in total. The summed E-state index contributed by atoms with van der Waals surface area (Å²) < 4.78 is 26.1. The van der Waals surface area contributed by atoms with Crippen LogP contribution in [0.25, 0.3) is 0 Å². The van der Waals surface area contributed by atoms with Crippen molar-refractivity contribution in [3.05, 3.63) is 36.5 Å². The summed E-state index contributed by atoms with van der Waals surface area (Å²) in [5.41, 5.74) is 0. The van der Waals surface area contributed by atoms with Crippen LogP contribution in [-0.4, -0.2) is 41.0 Å². The van der Waals surface area contributed by atoms with Crippen molar-refractivity contribution in [1.29, 1.82) is 0 Å². The number of phosphoric acid groups is 1. The highest BCUT2D eigenvalue weighted by atomic mass is 31.2. The lowest BCUT2D eigenvalue weighted by molar-refractivity contribution is -0.161. The SMILES string of the molecule is CC/C=C/C/C=C/C/C=C/CCCCCCCC(=O)O[C@H](COC(=O)CCCCCCCCCCC)COP(=O)(O)O. The number of carbonyl (C=O) groups is 2. The van der Waals surface area contributed by atoms with Gasteiger partial charge in [0.1, 0.15) is 6.61 Å². The molecule has 0 amide bonds. The van der Waals surface area contributed by atoms with Gasteiger partial charge in [-0.1, -0.05) is 121 Å². The topological polar surface area (TPSA) is 119 Å². The van der Waals surface area contributed by atoms with Crippen LogP contribution in [0, 0.1) is 0 Å². The molecule has 0 spiro atoms. The zero-order valence-corrected chi connectivity index (χ0v) is 27.3. The van der Waals surface area contributed by atoms with Crippen LogP contribution in [0.4, 0.5) is 0 Å². The molecule has 244 valence electrons. The first-order chi connectivity index (χ1) is 20.3. The van der Waals surface area contributed by atoms with Crippen LogP contribution in [0.3, 0.4) is 0 Å². The Bertz CT molecular complexity index is 787. The molecule has 0 radical (unpaired) electrons. The van der Waals surface area contributed by atoms with Crippen molar-refractivity contribution in [2.75, 3.05) is 13.2 Å². The molecule has 1 atom stereocenters. The second-order valence-corrected chi connectivity index (χ2v) is 12.0. The smallest absolute Gasteiger partial charge is 0.462 e. The minimum Gasteiger partial charge on any atom is -0.462 e. The van der Waals surface area contributed by atoms with Crippen molar-refractivity contribution >= 4 is 19.8 Å². The van der Waals surface area contributed by atoms with Gasteiger partial charge in [-0.25, -0.2) is 4.57 Å². The van der Waals surface area contributed by atoms with E-state index in [2.05, 4.69) is 54.8 Å². The zero-order valence-electron chi connectivity index (χ0n) is 26.4. The number of esters is 2. The fourth-order valence-electron chi connectivity index (χ4n) is 4.27. The summed E-state index contributed by atoms with van der Waals surface area (Å²) in [5, 5.41) is 0. The number of hydrogen-bond acceptors (Lipinski definition) is 6. The van der Waals surface area contributed by atoms with Crippen molar-refractivity contribution in [2.24, 2.45) is 0 Å². The van der Waals surface area contributed by atoms with E-state index in [4.69, 9.17) is 19.3 Å². The number of carbonyl (C=O) groups excluding carboxylic acids is 2. The summed E-state index contributed by atoms with van der Waals surface area (Å²) in [6.45, 7) is 3.50. The van der Waals surface area contributed by atoms with E-state index in [0.29, 0.717) is 6.42 Å². The second kappa shape index (κ2) is 29.3. The molecule has 0 aromatic carbocycles. The standard InChI is InChI=1S/C33H59O8P/c1-3-5-7-9-11-13-14-15-16-17-18-20-22-24-26-28-33(35)41-31(30-40-42(36,37)38)29-39-32(34)27-25-23-21-19-12-10-8-6-4-2/h5,7,11,13,15-16,31H,3-4,6,8-10,12,14,17-30H2,1-2H3,(H2,36,37,38)/b7-5+,13-11+,16-15+/t31-/m1/s1. The second-order valence-electron chi connectivity index (χ2n) is 10.8. The lowest BCUT2D eigenvalue weighted by Crippen LogP contribution is -2.29. The van der Waals surface area contributed by atoms with Crippen molar-refractivity contribution in [3.8, 4) is 0 Å². The van der Waals surface area contributed by atoms with Gasteiger partial charge in [-0.2, -0.15) is 0 Å².